The van der Waals surface area contributed by atoms with Gasteiger partial charge in [0.25, 0.3) is 0 Å². The Morgan fingerprint density at radius 3 is 2.27 bits per heavy atom. The van der Waals surface area contributed by atoms with E-state index in [0.29, 0.717) is 0 Å². The molecule has 0 aromatic heterocycles. The lowest BCUT2D eigenvalue weighted by Gasteiger charge is -2.30. The molecule has 0 amide bonds. The fourth-order valence-electron chi connectivity index (χ4n) is 2.56. The minimum Gasteiger partial charge on any atom is -0.691 e. The summed E-state index contributed by atoms with van der Waals surface area (Å²) < 4.78 is 8.77. The highest BCUT2D eigenvalue weighted by Crippen LogP contribution is 2.27. The van der Waals surface area contributed by atoms with Crippen LogP contribution in [0.5, 0.6) is 0 Å². The maximum Gasteiger partial charge on any atom is 0.194 e. The molecule has 12 nitrogen and oxygen atoms in total. The van der Waals surface area contributed by atoms with Gasteiger partial charge in [0.1, 0.15) is 54.2 Å². The van der Waals surface area contributed by atoms with Gasteiger partial charge in [-0.3, -0.25) is 9.22 Å². The van der Waals surface area contributed by atoms with E-state index in [1.54, 1.807) is 0 Å². The molecule has 0 radical (unpaired) electrons. The predicted molar refractivity (Wildman–Crippen MR) is 85.7 cm³/mol. The van der Waals surface area contributed by atoms with Gasteiger partial charge >= 0.3 is 0 Å². The van der Waals surface area contributed by atoms with Gasteiger partial charge < -0.3 is 46.1 Å². The second-order valence-corrected chi connectivity index (χ2v) is 8.52. The molecule has 1 aliphatic rings. The zero-order valence-electron chi connectivity index (χ0n) is 13.5. The van der Waals surface area contributed by atoms with E-state index in [-0.39, 0.29) is 23.8 Å². The van der Waals surface area contributed by atoms with Crippen LogP contribution in [-0.2, 0) is 24.5 Å². The van der Waals surface area contributed by atoms with Crippen molar-refractivity contribution in [3.8, 4) is 0 Å². The Kier molecular flexibility index (Phi) is 11.1. The number of hydrogen-bond donors (Lipinski definition) is 8. The summed E-state index contributed by atoms with van der Waals surface area (Å²) in [6, 6.07) is 0. The van der Waals surface area contributed by atoms with Crippen LogP contribution in [0.15, 0.2) is 0 Å². The molecule has 14 heteroatoms. The molecule has 26 heavy (non-hydrogen) atoms. The highest BCUT2D eigenvalue weighted by atomic mass is 32.2. The minimum absolute atomic E-state index is 0.0347. The maximum absolute atomic E-state index is 10.4. The number of rotatable bonds is 12. The fourth-order valence-corrected chi connectivity index (χ4v) is 5.63. The zero-order chi connectivity index (χ0) is 19.9. The Bertz CT molecular complexity index is 393. The molecule has 9 atom stereocenters. The summed E-state index contributed by atoms with van der Waals surface area (Å²) >= 11 is -0.0347. The molecule has 0 spiro atoms. The van der Waals surface area contributed by atoms with Crippen molar-refractivity contribution in [2.24, 2.45) is 0 Å². The summed E-state index contributed by atoms with van der Waals surface area (Å²) in [4.78, 5) is 0. The molecule has 156 valence electrons. The average Bonchev–Trinajstić information content (AvgIpc) is 2.89. The smallest absolute Gasteiger partial charge is 0.194 e. The Balaban J connectivity index is 2.81. The molecule has 0 aromatic rings. The summed E-state index contributed by atoms with van der Waals surface area (Å²) in [5.41, 5.74) is 0. The highest BCUT2D eigenvalue weighted by molar-refractivity contribution is 7.97. The van der Waals surface area contributed by atoms with Crippen molar-refractivity contribution in [1.82, 2.24) is 0 Å². The Morgan fingerprint density at radius 1 is 1.08 bits per heavy atom. The monoisotopic (exact) mass is 424 g/mol. The SMILES string of the molecule is [O-]OOSOC(C(O)C[S+]1CC(O)C(O)C1CO)C(O)C(O)C(O)CO. The van der Waals surface area contributed by atoms with Crippen molar-refractivity contribution in [2.75, 3.05) is 24.7 Å². The van der Waals surface area contributed by atoms with Crippen LogP contribution in [0.4, 0.5) is 0 Å². The van der Waals surface area contributed by atoms with Crippen LogP contribution in [0.25, 0.3) is 0 Å². The van der Waals surface area contributed by atoms with Gasteiger partial charge in [-0.15, -0.1) is 4.33 Å². The summed E-state index contributed by atoms with van der Waals surface area (Å²) in [7, 11) is -0.853. The normalized spacial score (nSPS) is 32.2. The lowest BCUT2D eigenvalue weighted by molar-refractivity contribution is -0.777. The molecule has 8 N–H and O–H groups in total. The molecule has 0 bridgehead atoms. The van der Waals surface area contributed by atoms with Gasteiger partial charge in [-0.2, -0.15) is 0 Å². The summed E-state index contributed by atoms with van der Waals surface area (Å²) in [6.07, 6.45) is -10.9. The topological polar surface area (TPSA) is 213 Å². The second-order valence-electron chi connectivity index (χ2n) is 5.71. The van der Waals surface area contributed by atoms with Gasteiger partial charge in [-0.05, 0) is 0 Å². The molecular weight excluding hydrogens is 400 g/mol. The largest absolute Gasteiger partial charge is 0.691 e. The van der Waals surface area contributed by atoms with Crippen molar-refractivity contribution in [3.05, 3.63) is 0 Å². The van der Waals surface area contributed by atoms with Crippen LogP contribution in [-0.4, -0.2) is 114 Å². The van der Waals surface area contributed by atoms with Gasteiger partial charge in [0.05, 0.1) is 13.2 Å². The van der Waals surface area contributed by atoms with Gasteiger partial charge in [-0.25, -0.2) is 0 Å². The minimum atomic E-state index is -1.90. The van der Waals surface area contributed by atoms with E-state index in [9.17, 15) is 41.0 Å². The Hall–Kier alpha value is 0.220. The predicted octanol–water partition coefficient (Wildman–Crippen LogP) is -5.69. The third kappa shape index (κ3) is 6.39. The third-order valence-corrected chi connectivity index (χ3v) is 7.24. The molecule has 0 aliphatic carbocycles. The molecular formula is C12H24O12S2. The average molecular weight is 424 g/mol. The quantitative estimate of drug-likeness (QED) is 0.0483. The van der Waals surface area contributed by atoms with E-state index < -0.39 is 72.1 Å². The van der Waals surface area contributed by atoms with E-state index in [4.69, 9.17) is 9.29 Å². The Labute approximate surface area is 156 Å². The van der Waals surface area contributed by atoms with Crippen molar-refractivity contribution < 1.29 is 59.7 Å². The van der Waals surface area contributed by atoms with Crippen LogP contribution in [0.3, 0.4) is 0 Å². The summed E-state index contributed by atoms with van der Waals surface area (Å²) in [5, 5.41) is 89.6. The van der Waals surface area contributed by atoms with Crippen LogP contribution in [0, 0.1) is 0 Å². The molecule has 9 unspecified atom stereocenters. The van der Waals surface area contributed by atoms with Crippen molar-refractivity contribution in [1.29, 1.82) is 0 Å². The van der Waals surface area contributed by atoms with Gasteiger partial charge in [0.15, 0.2) is 17.6 Å². The maximum atomic E-state index is 10.4. The van der Waals surface area contributed by atoms with Crippen LogP contribution >= 0.6 is 12.3 Å². The highest BCUT2D eigenvalue weighted by Gasteiger charge is 2.51. The molecule has 0 saturated carbocycles. The van der Waals surface area contributed by atoms with E-state index in [2.05, 4.69) is 9.37 Å². The molecule has 1 rings (SSSR count). The number of hydrogen-bond acceptors (Lipinski definition) is 13. The first-order valence-corrected chi connectivity index (χ1v) is 9.82. The number of aliphatic hydroxyl groups is 8. The van der Waals surface area contributed by atoms with E-state index in [1.165, 1.54) is 0 Å². The first kappa shape index (κ1) is 24.3. The van der Waals surface area contributed by atoms with Crippen molar-refractivity contribution >= 4 is 23.2 Å². The van der Waals surface area contributed by atoms with E-state index in [1.807, 2.05) is 0 Å². The first-order chi connectivity index (χ1) is 12.3. The fraction of sp³-hybridized carbons (Fsp3) is 1.00. The third-order valence-electron chi connectivity index (χ3n) is 4.01. The van der Waals surface area contributed by atoms with Crippen molar-refractivity contribution in [3.63, 3.8) is 0 Å². The van der Waals surface area contributed by atoms with E-state index in [0.717, 1.165) is 0 Å². The summed E-state index contributed by atoms with van der Waals surface area (Å²) in [5.74, 6) is -0.0385. The molecule has 1 saturated heterocycles. The lowest BCUT2D eigenvalue weighted by atomic mass is 10.0. The first-order valence-electron chi connectivity index (χ1n) is 7.53. The molecule has 1 heterocycles. The lowest BCUT2D eigenvalue weighted by Crippen LogP contribution is -2.52. The van der Waals surface area contributed by atoms with Gasteiger partial charge in [0.2, 0.25) is 0 Å². The number of aliphatic hydroxyl groups excluding tert-OH is 8. The van der Waals surface area contributed by atoms with Crippen LogP contribution < -0.4 is 5.26 Å². The van der Waals surface area contributed by atoms with Crippen LogP contribution in [0.1, 0.15) is 0 Å². The molecule has 0 aromatic carbocycles. The summed E-state index contributed by atoms with van der Waals surface area (Å²) in [6.45, 7) is -1.31. The van der Waals surface area contributed by atoms with Gasteiger partial charge in [-0.1, -0.05) is 0 Å². The zero-order valence-corrected chi connectivity index (χ0v) is 15.1. The molecule has 1 aliphatic heterocycles. The Morgan fingerprint density at radius 2 is 1.73 bits per heavy atom. The van der Waals surface area contributed by atoms with E-state index >= 15 is 0 Å². The second kappa shape index (κ2) is 11.9. The van der Waals surface area contributed by atoms with Gasteiger partial charge in [0, 0.05) is 10.9 Å². The van der Waals surface area contributed by atoms with Crippen LogP contribution in [0.2, 0.25) is 0 Å². The van der Waals surface area contributed by atoms with Crippen molar-refractivity contribution in [2.45, 2.75) is 48.0 Å². The standard InChI is InChI=1S/C12H24O12S2/c13-1-5(15)10(19)11(20)12(22-25-24-23-21)7(17)4-26-3-6(16)9(18)8(26)2-14/h5-20H,1-4H2. The molecule has 1 fully saturated rings.